The number of amides is 1. The van der Waals surface area contributed by atoms with Gasteiger partial charge in [-0.2, -0.15) is 0 Å². The van der Waals surface area contributed by atoms with Crippen molar-refractivity contribution in [3.8, 4) is 5.75 Å². The topological polar surface area (TPSA) is 75.6 Å². The van der Waals surface area contributed by atoms with Gasteiger partial charge in [0.15, 0.2) is 0 Å². The molecule has 5 nitrogen and oxygen atoms in total. The van der Waals surface area contributed by atoms with Crippen LogP contribution in [0.2, 0.25) is 0 Å². The van der Waals surface area contributed by atoms with Gasteiger partial charge in [-0.25, -0.2) is 0 Å². The maximum Gasteiger partial charge on any atom is 0.303 e. The molecule has 126 valence electrons. The van der Waals surface area contributed by atoms with Crippen molar-refractivity contribution in [2.75, 3.05) is 12.4 Å². The summed E-state index contributed by atoms with van der Waals surface area (Å²) in [5.41, 5.74) is 3.19. The maximum absolute atomic E-state index is 12.4. The van der Waals surface area contributed by atoms with E-state index in [1.165, 1.54) is 0 Å². The van der Waals surface area contributed by atoms with Crippen LogP contribution in [0.5, 0.6) is 5.75 Å². The Bertz CT molecular complexity index is 723. The molecule has 0 saturated heterocycles. The molecule has 0 aromatic heterocycles. The molecule has 2 aromatic carbocycles. The van der Waals surface area contributed by atoms with E-state index in [1.807, 2.05) is 43.3 Å². The first-order valence-electron chi connectivity index (χ1n) is 7.76. The molecule has 2 rings (SSSR count). The SMILES string of the molecule is COc1ccc(C)c(C(=O)Nc2ccc(CCCC(=O)O)cc2)c1. The standard InChI is InChI=1S/C19H21NO4/c1-13-6-11-16(24-2)12-17(13)19(23)20-15-9-7-14(8-10-15)4-3-5-18(21)22/h6-12H,3-5H2,1-2H3,(H,20,23)(H,21,22). The van der Waals surface area contributed by atoms with Crippen LogP contribution in [0.15, 0.2) is 42.5 Å². The van der Waals surface area contributed by atoms with Crippen molar-refractivity contribution < 1.29 is 19.4 Å². The first kappa shape index (κ1) is 17.5. The minimum atomic E-state index is -0.785. The number of hydrogen-bond donors (Lipinski definition) is 2. The number of anilines is 1. The summed E-state index contributed by atoms with van der Waals surface area (Å²) in [4.78, 5) is 22.9. The van der Waals surface area contributed by atoms with Crippen molar-refractivity contribution >= 4 is 17.6 Å². The van der Waals surface area contributed by atoms with Crippen LogP contribution in [0.4, 0.5) is 5.69 Å². The zero-order valence-corrected chi connectivity index (χ0v) is 13.8. The van der Waals surface area contributed by atoms with Crippen LogP contribution in [0.1, 0.15) is 34.3 Å². The molecule has 0 unspecified atom stereocenters. The molecule has 0 aliphatic rings. The number of rotatable bonds is 7. The van der Waals surface area contributed by atoms with Gasteiger partial charge in [0.2, 0.25) is 0 Å². The van der Waals surface area contributed by atoms with Crippen LogP contribution >= 0.6 is 0 Å². The smallest absolute Gasteiger partial charge is 0.303 e. The molecule has 2 aromatic rings. The second kappa shape index (κ2) is 8.15. The number of carboxylic acid groups (broad SMARTS) is 1. The quantitative estimate of drug-likeness (QED) is 0.813. The minimum absolute atomic E-state index is 0.160. The van der Waals surface area contributed by atoms with E-state index in [-0.39, 0.29) is 12.3 Å². The zero-order valence-electron chi connectivity index (χ0n) is 13.8. The summed E-state index contributed by atoms with van der Waals surface area (Å²) < 4.78 is 5.16. The van der Waals surface area contributed by atoms with Gasteiger partial charge in [0.05, 0.1) is 7.11 Å². The van der Waals surface area contributed by atoms with Crippen molar-refractivity contribution in [3.63, 3.8) is 0 Å². The second-order valence-electron chi connectivity index (χ2n) is 5.58. The lowest BCUT2D eigenvalue weighted by Gasteiger charge is -2.10. The van der Waals surface area contributed by atoms with Gasteiger partial charge in [-0.05, 0) is 55.2 Å². The largest absolute Gasteiger partial charge is 0.497 e. The lowest BCUT2D eigenvalue weighted by Crippen LogP contribution is -2.13. The molecule has 0 fully saturated rings. The highest BCUT2D eigenvalue weighted by Gasteiger charge is 2.10. The number of hydrogen-bond acceptors (Lipinski definition) is 3. The van der Waals surface area contributed by atoms with Crippen molar-refractivity contribution in [2.45, 2.75) is 26.2 Å². The van der Waals surface area contributed by atoms with Gasteiger partial charge in [0.25, 0.3) is 5.91 Å². The van der Waals surface area contributed by atoms with Crippen molar-refractivity contribution in [1.82, 2.24) is 0 Å². The summed E-state index contributed by atoms with van der Waals surface area (Å²) in [6, 6.07) is 12.8. The fraction of sp³-hybridized carbons (Fsp3) is 0.263. The summed E-state index contributed by atoms with van der Waals surface area (Å²) in [6.07, 6.45) is 1.47. The van der Waals surface area contributed by atoms with E-state index in [0.717, 1.165) is 11.1 Å². The normalized spacial score (nSPS) is 10.2. The van der Waals surface area contributed by atoms with Crippen molar-refractivity contribution in [1.29, 1.82) is 0 Å². The number of carbonyl (C=O) groups is 2. The average Bonchev–Trinajstić information content (AvgIpc) is 2.56. The summed E-state index contributed by atoms with van der Waals surface area (Å²) in [5, 5.41) is 11.5. The molecular formula is C19H21NO4. The molecule has 0 aliphatic heterocycles. The lowest BCUT2D eigenvalue weighted by molar-refractivity contribution is -0.137. The zero-order chi connectivity index (χ0) is 17.5. The van der Waals surface area contributed by atoms with Crippen LogP contribution in [-0.2, 0) is 11.2 Å². The molecule has 2 N–H and O–H groups in total. The van der Waals surface area contributed by atoms with Crippen LogP contribution < -0.4 is 10.1 Å². The molecule has 0 bridgehead atoms. The highest BCUT2D eigenvalue weighted by atomic mass is 16.5. The van der Waals surface area contributed by atoms with E-state index in [1.54, 1.807) is 13.2 Å². The van der Waals surface area contributed by atoms with E-state index in [2.05, 4.69) is 5.32 Å². The van der Waals surface area contributed by atoms with E-state index in [0.29, 0.717) is 29.8 Å². The Morgan fingerprint density at radius 2 is 1.83 bits per heavy atom. The predicted molar refractivity (Wildman–Crippen MR) is 92.7 cm³/mol. The molecule has 5 heteroatoms. The average molecular weight is 327 g/mol. The van der Waals surface area contributed by atoms with E-state index >= 15 is 0 Å². The highest BCUT2D eigenvalue weighted by Crippen LogP contribution is 2.19. The van der Waals surface area contributed by atoms with Crippen LogP contribution in [0.25, 0.3) is 0 Å². The van der Waals surface area contributed by atoms with Crippen molar-refractivity contribution in [3.05, 3.63) is 59.2 Å². The summed E-state index contributed by atoms with van der Waals surface area (Å²) in [7, 11) is 1.56. The van der Waals surface area contributed by atoms with Gasteiger partial charge in [-0.3, -0.25) is 9.59 Å². The number of aryl methyl sites for hydroxylation is 2. The van der Waals surface area contributed by atoms with Gasteiger partial charge in [-0.1, -0.05) is 18.2 Å². The first-order chi connectivity index (χ1) is 11.5. The van der Waals surface area contributed by atoms with Gasteiger partial charge in [-0.15, -0.1) is 0 Å². The molecule has 0 heterocycles. The third-order valence-electron chi connectivity index (χ3n) is 3.76. The molecular weight excluding hydrogens is 306 g/mol. The Hall–Kier alpha value is -2.82. The molecule has 1 amide bonds. The fourth-order valence-electron chi connectivity index (χ4n) is 2.37. The molecule has 0 radical (unpaired) electrons. The van der Waals surface area contributed by atoms with Gasteiger partial charge < -0.3 is 15.2 Å². The second-order valence-corrected chi connectivity index (χ2v) is 5.58. The molecule has 0 saturated carbocycles. The number of carboxylic acids is 1. The number of benzene rings is 2. The summed E-state index contributed by atoms with van der Waals surface area (Å²) in [5.74, 6) is -0.336. The molecule has 24 heavy (non-hydrogen) atoms. The lowest BCUT2D eigenvalue weighted by atomic mass is 10.1. The number of carbonyl (C=O) groups excluding carboxylic acids is 1. The van der Waals surface area contributed by atoms with Crippen LogP contribution in [0.3, 0.4) is 0 Å². The minimum Gasteiger partial charge on any atom is -0.497 e. The highest BCUT2D eigenvalue weighted by molar-refractivity contribution is 6.05. The number of methoxy groups -OCH3 is 1. The van der Waals surface area contributed by atoms with Crippen LogP contribution in [-0.4, -0.2) is 24.1 Å². The van der Waals surface area contributed by atoms with Crippen LogP contribution in [0, 0.1) is 6.92 Å². The summed E-state index contributed by atoms with van der Waals surface area (Å²) >= 11 is 0. The fourth-order valence-corrected chi connectivity index (χ4v) is 2.37. The maximum atomic E-state index is 12.4. The molecule has 0 spiro atoms. The van der Waals surface area contributed by atoms with Gasteiger partial charge in [0, 0.05) is 17.7 Å². The van der Waals surface area contributed by atoms with Gasteiger partial charge >= 0.3 is 5.97 Å². The number of aliphatic carboxylic acids is 1. The van der Waals surface area contributed by atoms with E-state index in [4.69, 9.17) is 9.84 Å². The number of nitrogens with one attached hydrogen (secondary N) is 1. The summed E-state index contributed by atoms with van der Waals surface area (Å²) in [6.45, 7) is 1.87. The third kappa shape index (κ3) is 4.84. The van der Waals surface area contributed by atoms with E-state index in [9.17, 15) is 9.59 Å². The molecule has 0 atom stereocenters. The first-order valence-corrected chi connectivity index (χ1v) is 7.76. The Morgan fingerprint density at radius 3 is 2.46 bits per heavy atom. The third-order valence-corrected chi connectivity index (χ3v) is 3.76. The molecule has 0 aliphatic carbocycles. The Balaban J connectivity index is 2.00. The van der Waals surface area contributed by atoms with Crippen molar-refractivity contribution in [2.24, 2.45) is 0 Å². The van der Waals surface area contributed by atoms with Gasteiger partial charge in [0.1, 0.15) is 5.75 Å². The Morgan fingerprint density at radius 1 is 1.12 bits per heavy atom. The Kier molecular flexibility index (Phi) is 5.95. The number of ether oxygens (including phenoxy) is 1. The monoisotopic (exact) mass is 327 g/mol. The van der Waals surface area contributed by atoms with E-state index < -0.39 is 5.97 Å². The Labute approximate surface area is 141 Å². The predicted octanol–water partition coefficient (Wildman–Crippen LogP) is 3.66.